The molecule has 0 heterocycles. The summed E-state index contributed by atoms with van der Waals surface area (Å²) < 4.78 is 0. The van der Waals surface area contributed by atoms with Crippen LogP contribution in [0.2, 0.25) is 0 Å². The number of ketones is 1. The molecule has 0 saturated heterocycles. The second-order valence-electron chi connectivity index (χ2n) is 3.42. The summed E-state index contributed by atoms with van der Waals surface area (Å²) in [5.41, 5.74) is 1.32. The summed E-state index contributed by atoms with van der Waals surface area (Å²) in [6.07, 6.45) is 1.45. The Morgan fingerprint density at radius 1 is 0.941 bits per heavy atom. The van der Waals surface area contributed by atoms with Gasteiger partial charge in [0.2, 0.25) is 6.08 Å². The molecule has 0 radical (unpaired) electrons. The Hall–Kier alpha value is -2.51. The van der Waals surface area contributed by atoms with Gasteiger partial charge in [-0.25, -0.2) is 4.79 Å². The van der Waals surface area contributed by atoms with Crippen molar-refractivity contribution in [2.24, 2.45) is 4.99 Å². The van der Waals surface area contributed by atoms with E-state index in [1.54, 1.807) is 48.5 Å². The summed E-state index contributed by atoms with van der Waals surface area (Å²) >= 11 is 0. The molecule has 0 aliphatic rings. The Morgan fingerprint density at radius 3 is 2.29 bits per heavy atom. The van der Waals surface area contributed by atoms with Crippen molar-refractivity contribution in [2.75, 3.05) is 0 Å². The molecule has 2 rings (SSSR count). The van der Waals surface area contributed by atoms with Crippen LogP contribution in [0.15, 0.2) is 59.6 Å². The molecule has 17 heavy (non-hydrogen) atoms. The first kappa shape index (κ1) is 11.0. The minimum atomic E-state index is -0.153. The highest BCUT2D eigenvalue weighted by molar-refractivity contribution is 6.12. The number of carbonyl (C=O) groups is 1. The van der Waals surface area contributed by atoms with Crippen molar-refractivity contribution in [3.05, 3.63) is 65.7 Å². The molecule has 0 saturated carbocycles. The zero-order valence-electron chi connectivity index (χ0n) is 8.96. The summed E-state index contributed by atoms with van der Waals surface area (Å²) in [5, 5.41) is 0. The van der Waals surface area contributed by atoms with Crippen molar-refractivity contribution in [3.63, 3.8) is 0 Å². The average molecular weight is 223 g/mol. The van der Waals surface area contributed by atoms with Gasteiger partial charge in [0.25, 0.3) is 0 Å². The summed E-state index contributed by atoms with van der Waals surface area (Å²) in [7, 11) is 0. The molecule has 2 aromatic carbocycles. The number of benzene rings is 2. The second-order valence-corrected chi connectivity index (χ2v) is 3.42. The van der Waals surface area contributed by atoms with Crippen LogP contribution < -0.4 is 0 Å². The number of hydrogen-bond acceptors (Lipinski definition) is 3. The van der Waals surface area contributed by atoms with E-state index in [4.69, 9.17) is 0 Å². The van der Waals surface area contributed by atoms with Gasteiger partial charge in [-0.2, -0.15) is 4.99 Å². The van der Waals surface area contributed by atoms with Crippen molar-refractivity contribution >= 4 is 17.6 Å². The van der Waals surface area contributed by atoms with E-state index in [9.17, 15) is 9.59 Å². The van der Waals surface area contributed by atoms with Gasteiger partial charge in [-0.1, -0.05) is 42.5 Å². The van der Waals surface area contributed by atoms with Crippen molar-refractivity contribution in [2.45, 2.75) is 0 Å². The van der Waals surface area contributed by atoms with Crippen molar-refractivity contribution in [3.8, 4) is 0 Å². The van der Waals surface area contributed by atoms with Gasteiger partial charge in [0.05, 0.1) is 5.69 Å². The van der Waals surface area contributed by atoms with Gasteiger partial charge in [-0.15, -0.1) is 0 Å². The number of isocyanates is 1. The first-order valence-electron chi connectivity index (χ1n) is 5.09. The lowest BCUT2D eigenvalue weighted by Gasteiger charge is -2.03. The highest BCUT2D eigenvalue weighted by Gasteiger charge is 2.12. The molecule has 3 nitrogen and oxygen atoms in total. The van der Waals surface area contributed by atoms with Gasteiger partial charge in [0.1, 0.15) is 0 Å². The standard InChI is InChI=1S/C14H9NO2/c16-10-15-13-9-5-4-8-12(13)14(17)11-6-2-1-3-7-11/h1-9H. The summed E-state index contributed by atoms with van der Waals surface area (Å²) in [6.45, 7) is 0. The number of nitrogens with zero attached hydrogens (tertiary/aromatic N) is 1. The Labute approximate surface area is 98.4 Å². The van der Waals surface area contributed by atoms with E-state index in [1.165, 1.54) is 6.08 Å². The quantitative estimate of drug-likeness (QED) is 0.456. The molecule has 0 N–H and O–H groups in total. The molecular formula is C14H9NO2. The smallest absolute Gasteiger partial charge is 0.240 e. The molecule has 2 aromatic rings. The number of hydrogen-bond donors (Lipinski definition) is 0. The lowest BCUT2D eigenvalue weighted by molar-refractivity contribution is 0.103. The Bertz CT molecular complexity index is 584. The molecule has 0 spiro atoms. The fraction of sp³-hybridized carbons (Fsp3) is 0. The summed E-state index contributed by atoms with van der Waals surface area (Å²) in [6, 6.07) is 15.6. The molecule has 3 heteroatoms. The Balaban J connectivity index is 2.48. The molecule has 0 amide bonds. The molecule has 0 bridgehead atoms. The van der Waals surface area contributed by atoms with Crippen LogP contribution in [0.4, 0.5) is 5.69 Å². The van der Waals surface area contributed by atoms with Crippen LogP contribution in [0.1, 0.15) is 15.9 Å². The number of para-hydroxylation sites is 1. The van der Waals surface area contributed by atoms with E-state index >= 15 is 0 Å². The largest absolute Gasteiger partial charge is 0.289 e. The molecule has 0 aromatic heterocycles. The zero-order chi connectivity index (χ0) is 12.1. The first-order valence-corrected chi connectivity index (χ1v) is 5.09. The topological polar surface area (TPSA) is 46.5 Å². The van der Waals surface area contributed by atoms with E-state index in [0.717, 1.165) is 0 Å². The molecule has 0 fully saturated rings. The van der Waals surface area contributed by atoms with E-state index < -0.39 is 0 Å². The van der Waals surface area contributed by atoms with E-state index in [-0.39, 0.29) is 5.78 Å². The fourth-order valence-corrected chi connectivity index (χ4v) is 1.56. The van der Waals surface area contributed by atoms with Crippen LogP contribution in [0.5, 0.6) is 0 Å². The molecule has 0 atom stereocenters. The highest BCUT2D eigenvalue weighted by Crippen LogP contribution is 2.21. The number of aliphatic imine (C=N–C) groups is 1. The SMILES string of the molecule is O=C=Nc1ccccc1C(=O)c1ccccc1. The van der Waals surface area contributed by atoms with Crippen LogP contribution in [-0.4, -0.2) is 11.9 Å². The lowest BCUT2D eigenvalue weighted by atomic mass is 10.0. The van der Waals surface area contributed by atoms with Crippen LogP contribution >= 0.6 is 0 Å². The second kappa shape index (κ2) is 5.01. The summed E-state index contributed by atoms with van der Waals surface area (Å²) in [4.78, 5) is 26.0. The van der Waals surface area contributed by atoms with Gasteiger partial charge in [-0.05, 0) is 12.1 Å². The van der Waals surface area contributed by atoms with Crippen LogP contribution in [0.25, 0.3) is 0 Å². The van der Waals surface area contributed by atoms with E-state index in [1.807, 2.05) is 6.07 Å². The van der Waals surface area contributed by atoms with Crippen LogP contribution in [0, 0.1) is 0 Å². The maximum absolute atomic E-state index is 12.2. The maximum atomic E-state index is 12.2. The van der Waals surface area contributed by atoms with Gasteiger partial charge in [-0.3, -0.25) is 4.79 Å². The molecule has 0 aliphatic carbocycles. The molecule has 0 unspecified atom stereocenters. The highest BCUT2D eigenvalue weighted by atomic mass is 16.1. The summed E-state index contributed by atoms with van der Waals surface area (Å²) in [5.74, 6) is -0.153. The lowest BCUT2D eigenvalue weighted by Crippen LogP contribution is -2.00. The molecule has 0 aliphatic heterocycles. The van der Waals surface area contributed by atoms with Crippen LogP contribution in [0.3, 0.4) is 0 Å². The zero-order valence-corrected chi connectivity index (χ0v) is 8.96. The Morgan fingerprint density at radius 2 is 1.59 bits per heavy atom. The van der Waals surface area contributed by atoms with Crippen molar-refractivity contribution in [1.29, 1.82) is 0 Å². The third kappa shape index (κ3) is 2.36. The van der Waals surface area contributed by atoms with Gasteiger partial charge < -0.3 is 0 Å². The predicted octanol–water partition coefficient (Wildman–Crippen LogP) is 2.88. The molecular weight excluding hydrogens is 214 g/mol. The first-order chi connectivity index (χ1) is 8.33. The maximum Gasteiger partial charge on any atom is 0.240 e. The third-order valence-electron chi connectivity index (χ3n) is 2.35. The number of carbonyl (C=O) groups excluding carboxylic acids is 2. The monoisotopic (exact) mass is 223 g/mol. The van der Waals surface area contributed by atoms with E-state index in [0.29, 0.717) is 16.8 Å². The fourth-order valence-electron chi connectivity index (χ4n) is 1.56. The van der Waals surface area contributed by atoms with Gasteiger partial charge in [0.15, 0.2) is 5.78 Å². The molecule has 82 valence electrons. The van der Waals surface area contributed by atoms with Crippen molar-refractivity contribution in [1.82, 2.24) is 0 Å². The Kier molecular flexibility index (Phi) is 3.24. The minimum Gasteiger partial charge on any atom is -0.289 e. The van der Waals surface area contributed by atoms with Crippen LogP contribution in [-0.2, 0) is 4.79 Å². The van der Waals surface area contributed by atoms with Crippen molar-refractivity contribution < 1.29 is 9.59 Å². The normalized spacial score (nSPS) is 9.41. The van der Waals surface area contributed by atoms with Gasteiger partial charge in [0, 0.05) is 11.1 Å². The average Bonchev–Trinajstić information content (AvgIpc) is 2.40. The predicted molar refractivity (Wildman–Crippen MR) is 64.1 cm³/mol. The number of rotatable bonds is 3. The van der Waals surface area contributed by atoms with E-state index in [2.05, 4.69) is 4.99 Å². The third-order valence-corrected chi connectivity index (χ3v) is 2.35. The minimum absolute atomic E-state index is 0.153. The van der Waals surface area contributed by atoms with Gasteiger partial charge >= 0.3 is 0 Å².